The first-order valence-corrected chi connectivity index (χ1v) is 7.72. The van der Waals surface area contributed by atoms with Crippen molar-refractivity contribution in [2.45, 2.75) is 31.6 Å². The highest BCUT2D eigenvalue weighted by molar-refractivity contribution is 9.10. The Hall–Kier alpha value is -0.870. The summed E-state index contributed by atoms with van der Waals surface area (Å²) in [6, 6.07) is 10.6. The van der Waals surface area contributed by atoms with Crippen LogP contribution < -0.4 is 5.32 Å². The standard InChI is InChI=1S/C15H23BrN2O/c1-4-18(5-2)14(11-17-15(19)12(3)16)13-9-7-6-8-10-13/h6-10,12,14H,4-5,11H2,1-3H3,(H,17,19). The Morgan fingerprint density at radius 1 is 1.26 bits per heavy atom. The number of likely N-dealkylation sites (N-methyl/N-ethyl adjacent to an activating group) is 1. The second-order valence-electron chi connectivity index (χ2n) is 4.51. The van der Waals surface area contributed by atoms with E-state index in [1.165, 1.54) is 5.56 Å². The monoisotopic (exact) mass is 326 g/mol. The van der Waals surface area contributed by atoms with Crippen molar-refractivity contribution in [3.8, 4) is 0 Å². The third-order valence-electron chi connectivity index (χ3n) is 3.27. The first kappa shape index (κ1) is 16.2. The van der Waals surface area contributed by atoms with E-state index in [0.29, 0.717) is 6.54 Å². The average molecular weight is 327 g/mol. The molecule has 2 unspecified atom stereocenters. The topological polar surface area (TPSA) is 32.3 Å². The number of benzene rings is 1. The van der Waals surface area contributed by atoms with E-state index in [1.807, 2.05) is 25.1 Å². The summed E-state index contributed by atoms with van der Waals surface area (Å²) in [5.41, 5.74) is 1.24. The predicted molar refractivity (Wildman–Crippen MR) is 83.5 cm³/mol. The highest BCUT2D eigenvalue weighted by atomic mass is 79.9. The van der Waals surface area contributed by atoms with Crippen LogP contribution in [0.1, 0.15) is 32.4 Å². The first-order valence-electron chi connectivity index (χ1n) is 6.80. The number of alkyl halides is 1. The van der Waals surface area contributed by atoms with Crippen molar-refractivity contribution < 1.29 is 4.79 Å². The predicted octanol–water partition coefficient (Wildman–Crippen LogP) is 2.97. The molecule has 0 aliphatic carbocycles. The number of nitrogens with one attached hydrogen (secondary N) is 1. The van der Waals surface area contributed by atoms with E-state index < -0.39 is 0 Å². The molecule has 0 heterocycles. The normalized spacial score (nSPS) is 14.2. The molecule has 0 saturated heterocycles. The molecule has 0 radical (unpaired) electrons. The molecule has 0 fully saturated rings. The largest absolute Gasteiger partial charge is 0.353 e. The number of rotatable bonds is 7. The summed E-state index contributed by atoms with van der Waals surface area (Å²) < 4.78 is 0. The van der Waals surface area contributed by atoms with Gasteiger partial charge >= 0.3 is 0 Å². The summed E-state index contributed by atoms with van der Waals surface area (Å²) in [6.07, 6.45) is 0. The van der Waals surface area contributed by atoms with Crippen LogP contribution in [0.2, 0.25) is 0 Å². The molecule has 1 aromatic rings. The molecule has 0 aliphatic rings. The minimum Gasteiger partial charge on any atom is -0.353 e. The fourth-order valence-electron chi connectivity index (χ4n) is 2.14. The summed E-state index contributed by atoms with van der Waals surface area (Å²) in [6.45, 7) is 8.71. The van der Waals surface area contributed by atoms with Gasteiger partial charge in [0.2, 0.25) is 5.91 Å². The number of amides is 1. The molecule has 1 N–H and O–H groups in total. The van der Waals surface area contributed by atoms with Crippen molar-refractivity contribution in [3.63, 3.8) is 0 Å². The highest BCUT2D eigenvalue weighted by Crippen LogP contribution is 2.19. The molecule has 0 aromatic heterocycles. The molecule has 0 aliphatic heterocycles. The van der Waals surface area contributed by atoms with E-state index in [2.05, 4.69) is 52.1 Å². The zero-order chi connectivity index (χ0) is 14.3. The smallest absolute Gasteiger partial charge is 0.233 e. The number of nitrogens with zero attached hydrogens (tertiary/aromatic N) is 1. The van der Waals surface area contributed by atoms with E-state index in [-0.39, 0.29) is 16.8 Å². The van der Waals surface area contributed by atoms with Crippen LogP contribution in [0.15, 0.2) is 30.3 Å². The molecule has 1 aromatic carbocycles. The van der Waals surface area contributed by atoms with Crippen molar-refractivity contribution >= 4 is 21.8 Å². The minimum atomic E-state index is -0.152. The lowest BCUT2D eigenvalue weighted by atomic mass is 10.1. The van der Waals surface area contributed by atoms with E-state index in [1.54, 1.807) is 0 Å². The second kappa shape index (κ2) is 8.33. The Kier molecular flexibility index (Phi) is 7.10. The minimum absolute atomic E-state index is 0.0353. The van der Waals surface area contributed by atoms with Gasteiger partial charge in [-0.05, 0) is 25.6 Å². The lowest BCUT2D eigenvalue weighted by Gasteiger charge is -2.30. The lowest BCUT2D eigenvalue weighted by molar-refractivity contribution is -0.120. The van der Waals surface area contributed by atoms with E-state index in [4.69, 9.17) is 0 Å². The average Bonchev–Trinajstić information content (AvgIpc) is 2.43. The van der Waals surface area contributed by atoms with Gasteiger partial charge in [0.05, 0.1) is 10.9 Å². The molecule has 0 bridgehead atoms. The van der Waals surface area contributed by atoms with Gasteiger partial charge in [-0.3, -0.25) is 9.69 Å². The summed E-state index contributed by atoms with van der Waals surface area (Å²) in [5, 5.41) is 3.00. The van der Waals surface area contributed by atoms with Crippen molar-refractivity contribution in [2.24, 2.45) is 0 Å². The lowest BCUT2D eigenvalue weighted by Crippen LogP contribution is -2.39. The maximum Gasteiger partial charge on any atom is 0.233 e. The van der Waals surface area contributed by atoms with Gasteiger partial charge in [0.1, 0.15) is 0 Å². The fourth-order valence-corrected chi connectivity index (χ4v) is 2.30. The van der Waals surface area contributed by atoms with Crippen LogP contribution in [0.5, 0.6) is 0 Å². The van der Waals surface area contributed by atoms with Crippen LogP contribution in [0.25, 0.3) is 0 Å². The number of halogens is 1. The third-order valence-corrected chi connectivity index (χ3v) is 3.68. The first-order chi connectivity index (χ1) is 9.10. The molecule has 0 spiro atoms. The zero-order valence-electron chi connectivity index (χ0n) is 11.9. The molecule has 1 rings (SSSR count). The van der Waals surface area contributed by atoms with E-state index in [9.17, 15) is 4.79 Å². The Morgan fingerprint density at radius 3 is 2.32 bits per heavy atom. The molecule has 106 valence electrons. The maximum atomic E-state index is 11.7. The van der Waals surface area contributed by atoms with E-state index in [0.717, 1.165) is 13.1 Å². The summed E-state index contributed by atoms with van der Waals surface area (Å²) >= 11 is 3.29. The highest BCUT2D eigenvalue weighted by Gasteiger charge is 2.19. The molecule has 2 atom stereocenters. The molecular formula is C15H23BrN2O. The Balaban J connectivity index is 2.79. The number of hydrogen-bond donors (Lipinski definition) is 1. The van der Waals surface area contributed by atoms with Crippen LogP contribution in [0.3, 0.4) is 0 Å². The van der Waals surface area contributed by atoms with Crippen molar-refractivity contribution in [3.05, 3.63) is 35.9 Å². The SMILES string of the molecule is CCN(CC)C(CNC(=O)C(C)Br)c1ccccc1. The van der Waals surface area contributed by atoms with Gasteiger partial charge in [-0.25, -0.2) is 0 Å². The second-order valence-corrected chi connectivity index (χ2v) is 5.88. The summed E-state index contributed by atoms with van der Waals surface area (Å²) in [7, 11) is 0. The van der Waals surface area contributed by atoms with Gasteiger partial charge in [0, 0.05) is 6.54 Å². The third kappa shape index (κ3) is 4.96. The van der Waals surface area contributed by atoms with Crippen LogP contribution in [-0.4, -0.2) is 35.3 Å². The van der Waals surface area contributed by atoms with Gasteiger partial charge < -0.3 is 5.32 Å². The van der Waals surface area contributed by atoms with Crippen LogP contribution >= 0.6 is 15.9 Å². The number of hydrogen-bond acceptors (Lipinski definition) is 2. The molecule has 0 saturated carbocycles. The van der Waals surface area contributed by atoms with Gasteiger partial charge in [-0.2, -0.15) is 0 Å². The molecule has 19 heavy (non-hydrogen) atoms. The molecule has 3 nitrogen and oxygen atoms in total. The molecular weight excluding hydrogens is 304 g/mol. The van der Waals surface area contributed by atoms with Crippen LogP contribution in [0.4, 0.5) is 0 Å². The van der Waals surface area contributed by atoms with E-state index >= 15 is 0 Å². The zero-order valence-corrected chi connectivity index (χ0v) is 13.5. The van der Waals surface area contributed by atoms with Gasteiger partial charge in [0.15, 0.2) is 0 Å². The Morgan fingerprint density at radius 2 is 1.84 bits per heavy atom. The number of carbonyl (C=O) groups excluding carboxylic acids is 1. The van der Waals surface area contributed by atoms with Gasteiger partial charge in [0.25, 0.3) is 0 Å². The molecule has 1 amide bonds. The van der Waals surface area contributed by atoms with Crippen molar-refractivity contribution in [2.75, 3.05) is 19.6 Å². The van der Waals surface area contributed by atoms with Crippen molar-refractivity contribution in [1.82, 2.24) is 10.2 Å². The Labute approximate surface area is 124 Å². The van der Waals surface area contributed by atoms with Crippen LogP contribution in [-0.2, 0) is 4.79 Å². The van der Waals surface area contributed by atoms with Gasteiger partial charge in [-0.1, -0.05) is 60.1 Å². The summed E-state index contributed by atoms with van der Waals surface area (Å²) in [4.78, 5) is 13.9. The number of carbonyl (C=O) groups is 1. The Bertz CT molecular complexity index is 377. The van der Waals surface area contributed by atoms with Crippen molar-refractivity contribution in [1.29, 1.82) is 0 Å². The maximum absolute atomic E-state index is 11.7. The van der Waals surface area contributed by atoms with Crippen LogP contribution in [0, 0.1) is 0 Å². The van der Waals surface area contributed by atoms with Gasteiger partial charge in [-0.15, -0.1) is 0 Å². The summed E-state index contributed by atoms with van der Waals surface area (Å²) in [5.74, 6) is 0.0353. The quantitative estimate of drug-likeness (QED) is 0.781. The fraction of sp³-hybridized carbons (Fsp3) is 0.533. The molecule has 4 heteroatoms.